The maximum absolute atomic E-state index is 12.9. The van der Waals surface area contributed by atoms with Gasteiger partial charge < -0.3 is 14.7 Å². The molecule has 1 N–H and O–H groups in total. The van der Waals surface area contributed by atoms with Crippen molar-refractivity contribution < 1.29 is 14.6 Å². The Morgan fingerprint density at radius 2 is 2.30 bits per heavy atom. The van der Waals surface area contributed by atoms with Crippen LogP contribution < -0.4 is 4.90 Å². The largest absolute Gasteiger partial charge is 0.506 e. The van der Waals surface area contributed by atoms with Crippen LogP contribution in [0.3, 0.4) is 0 Å². The number of carbonyl (C=O) groups is 1. The minimum absolute atomic E-state index is 0.0311. The molecule has 0 bridgehead atoms. The maximum Gasteiger partial charge on any atom is 0.270 e. The second kappa shape index (κ2) is 5.94. The number of ether oxygens (including phenoxy) is 1. The van der Waals surface area contributed by atoms with Crippen molar-refractivity contribution in [2.75, 3.05) is 18.1 Å². The summed E-state index contributed by atoms with van der Waals surface area (Å²) in [7, 11) is 0. The van der Waals surface area contributed by atoms with Crippen LogP contribution in [0.2, 0.25) is 0 Å². The van der Waals surface area contributed by atoms with E-state index in [0.29, 0.717) is 17.1 Å². The van der Waals surface area contributed by atoms with E-state index in [1.165, 1.54) is 11.3 Å². The van der Waals surface area contributed by atoms with E-state index in [1.54, 1.807) is 17.2 Å². The van der Waals surface area contributed by atoms with Gasteiger partial charge in [-0.25, -0.2) is 4.98 Å². The molecule has 0 radical (unpaired) electrons. The Morgan fingerprint density at radius 1 is 1.39 bits per heavy atom. The number of carbonyl (C=O) groups excluding carboxylic acids is 1. The average Bonchev–Trinajstić information content (AvgIpc) is 3.25. The number of phenolic OH excluding ortho intramolecular Hbond substituents is 1. The zero-order chi connectivity index (χ0) is 15.8. The average molecular weight is 330 g/mol. The third kappa shape index (κ3) is 2.62. The van der Waals surface area contributed by atoms with Crippen molar-refractivity contribution in [3.63, 3.8) is 0 Å². The molecule has 3 heterocycles. The van der Waals surface area contributed by atoms with Crippen LogP contribution in [0.25, 0.3) is 0 Å². The molecule has 1 atom stereocenters. The Balaban J connectivity index is 1.63. The van der Waals surface area contributed by atoms with Gasteiger partial charge in [0.15, 0.2) is 0 Å². The smallest absolute Gasteiger partial charge is 0.270 e. The molecule has 1 saturated heterocycles. The number of thiazole rings is 1. The SMILES string of the molecule is O=C(c1cnc([C@H]2CCCO2)s1)N1CCCc2cccc(O)c21. The molecule has 120 valence electrons. The quantitative estimate of drug-likeness (QED) is 0.918. The van der Waals surface area contributed by atoms with E-state index in [9.17, 15) is 9.90 Å². The number of nitrogens with zero attached hydrogens (tertiary/aromatic N) is 2. The molecule has 1 amide bonds. The Bertz CT molecular complexity index is 737. The van der Waals surface area contributed by atoms with Crippen LogP contribution in [0, 0.1) is 0 Å². The summed E-state index contributed by atoms with van der Waals surface area (Å²) in [5, 5.41) is 11.0. The zero-order valence-corrected chi connectivity index (χ0v) is 13.5. The number of fused-ring (bicyclic) bond motifs is 1. The van der Waals surface area contributed by atoms with Gasteiger partial charge in [-0.2, -0.15) is 0 Å². The van der Waals surface area contributed by atoms with Gasteiger partial charge >= 0.3 is 0 Å². The van der Waals surface area contributed by atoms with Crippen LogP contribution in [0.1, 0.15) is 45.6 Å². The van der Waals surface area contributed by atoms with Crippen LogP contribution >= 0.6 is 11.3 Å². The number of para-hydroxylation sites is 1. The highest BCUT2D eigenvalue weighted by atomic mass is 32.1. The molecule has 1 aromatic carbocycles. The van der Waals surface area contributed by atoms with Crippen LogP contribution in [0.4, 0.5) is 5.69 Å². The first-order valence-corrected chi connectivity index (χ1v) is 8.76. The predicted molar refractivity (Wildman–Crippen MR) is 88.1 cm³/mol. The van der Waals surface area contributed by atoms with Crippen molar-refractivity contribution >= 4 is 22.9 Å². The summed E-state index contributed by atoms with van der Waals surface area (Å²) in [5.74, 6) is 0.0774. The number of benzene rings is 1. The fourth-order valence-electron chi connectivity index (χ4n) is 3.27. The number of aryl methyl sites for hydroxylation is 1. The van der Waals surface area contributed by atoms with Crippen molar-refractivity contribution in [2.45, 2.75) is 31.8 Å². The number of phenols is 1. The molecule has 0 spiro atoms. The summed E-state index contributed by atoms with van der Waals surface area (Å²) >= 11 is 1.40. The van der Waals surface area contributed by atoms with Gasteiger partial charge in [0.25, 0.3) is 5.91 Å². The zero-order valence-electron chi connectivity index (χ0n) is 12.7. The number of hydrogen-bond donors (Lipinski definition) is 1. The van der Waals surface area contributed by atoms with Gasteiger partial charge in [-0.1, -0.05) is 12.1 Å². The Kier molecular flexibility index (Phi) is 3.79. The highest BCUT2D eigenvalue weighted by molar-refractivity contribution is 7.13. The Hall–Kier alpha value is -1.92. The second-order valence-electron chi connectivity index (χ2n) is 5.91. The lowest BCUT2D eigenvalue weighted by molar-refractivity contribution is 0.0988. The Morgan fingerprint density at radius 3 is 3.13 bits per heavy atom. The molecule has 2 aromatic rings. The Labute approximate surface area is 138 Å². The molecule has 0 saturated carbocycles. The molecule has 1 aromatic heterocycles. The first kappa shape index (κ1) is 14.7. The molecule has 5 nitrogen and oxygen atoms in total. The standard InChI is InChI=1S/C17H18N2O3S/c20-12-6-1-4-11-5-2-8-19(15(11)12)17(21)14-10-18-16(23-14)13-7-3-9-22-13/h1,4,6,10,13,20H,2-3,5,7-9H2/t13-/m1/s1. The molecular formula is C17H18N2O3S. The van der Waals surface area contributed by atoms with Crippen LogP contribution in [0.15, 0.2) is 24.4 Å². The van der Waals surface area contributed by atoms with E-state index in [1.807, 2.05) is 12.1 Å². The van der Waals surface area contributed by atoms with Gasteiger partial charge in [-0.15, -0.1) is 11.3 Å². The van der Waals surface area contributed by atoms with Gasteiger partial charge in [-0.3, -0.25) is 4.79 Å². The summed E-state index contributed by atoms with van der Waals surface area (Å²) in [6.45, 7) is 1.39. The van der Waals surface area contributed by atoms with Crippen LogP contribution in [-0.2, 0) is 11.2 Å². The fraction of sp³-hybridized carbons (Fsp3) is 0.412. The molecule has 2 aliphatic rings. The van der Waals surface area contributed by atoms with E-state index < -0.39 is 0 Å². The number of aromatic hydroxyl groups is 1. The van der Waals surface area contributed by atoms with Gasteiger partial charge in [0, 0.05) is 13.2 Å². The number of amides is 1. The maximum atomic E-state index is 12.9. The normalized spacial score (nSPS) is 20.5. The van der Waals surface area contributed by atoms with Crippen molar-refractivity contribution in [2.24, 2.45) is 0 Å². The monoisotopic (exact) mass is 330 g/mol. The molecular weight excluding hydrogens is 312 g/mol. The van der Waals surface area contributed by atoms with E-state index in [-0.39, 0.29) is 17.8 Å². The number of rotatable bonds is 2. The summed E-state index contributed by atoms with van der Waals surface area (Å²) in [4.78, 5) is 19.5. The summed E-state index contributed by atoms with van der Waals surface area (Å²) in [5.41, 5.74) is 1.67. The van der Waals surface area contributed by atoms with Gasteiger partial charge in [0.05, 0.1) is 11.9 Å². The molecule has 1 fully saturated rings. The summed E-state index contributed by atoms with van der Waals surface area (Å²) in [6.07, 6.45) is 5.47. The fourth-order valence-corrected chi connectivity index (χ4v) is 4.23. The number of anilines is 1. The topological polar surface area (TPSA) is 62.7 Å². The lowest BCUT2D eigenvalue weighted by Crippen LogP contribution is -2.35. The molecule has 0 aliphatic carbocycles. The summed E-state index contributed by atoms with van der Waals surface area (Å²) in [6, 6.07) is 5.43. The van der Waals surface area contributed by atoms with Crippen molar-refractivity contribution in [1.29, 1.82) is 0 Å². The third-order valence-electron chi connectivity index (χ3n) is 4.38. The summed E-state index contributed by atoms with van der Waals surface area (Å²) < 4.78 is 5.64. The van der Waals surface area contributed by atoms with E-state index in [0.717, 1.165) is 42.9 Å². The third-order valence-corrected chi connectivity index (χ3v) is 5.46. The molecule has 23 heavy (non-hydrogen) atoms. The molecule has 4 rings (SSSR count). The minimum atomic E-state index is -0.0887. The van der Waals surface area contributed by atoms with Gasteiger partial charge in [0.2, 0.25) is 0 Å². The van der Waals surface area contributed by atoms with E-state index >= 15 is 0 Å². The molecule has 6 heteroatoms. The molecule has 2 aliphatic heterocycles. The number of hydrogen-bond acceptors (Lipinski definition) is 5. The lowest BCUT2D eigenvalue weighted by atomic mass is 10.0. The minimum Gasteiger partial charge on any atom is -0.506 e. The lowest BCUT2D eigenvalue weighted by Gasteiger charge is -2.29. The predicted octanol–water partition coefficient (Wildman–Crippen LogP) is 3.29. The second-order valence-corrected chi connectivity index (χ2v) is 6.97. The highest BCUT2D eigenvalue weighted by Gasteiger charge is 2.29. The highest BCUT2D eigenvalue weighted by Crippen LogP contribution is 2.37. The van der Waals surface area contributed by atoms with E-state index in [4.69, 9.17) is 4.74 Å². The molecule has 0 unspecified atom stereocenters. The van der Waals surface area contributed by atoms with Crippen molar-refractivity contribution in [1.82, 2.24) is 4.98 Å². The van der Waals surface area contributed by atoms with Crippen molar-refractivity contribution in [3.05, 3.63) is 39.8 Å². The number of aromatic nitrogens is 1. The van der Waals surface area contributed by atoms with Gasteiger partial charge in [0.1, 0.15) is 21.7 Å². The van der Waals surface area contributed by atoms with E-state index in [2.05, 4.69) is 4.98 Å². The van der Waals surface area contributed by atoms with Crippen molar-refractivity contribution in [3.8, 4) is 5.75 Å². The van der Waals surface area contributed by atoms with Crippen LogP contribution in [-0.4, -0.2) is 29.1 Å². The van der Waals surface area contributed by atoms with Crippen LogP contribution in [0.5, 0.6) is 5.75 Å². The van der Waals surface area contributed by atoms with Gasteiger partial charge in [-0.05, 0) is 37.3 Å². The first-order chi connectivity index (χ1) is 11.2. The first-order valence-electron chi connectivity index (χ1n) is 7.94.